The number of carbonyl (C=O) groups is 11. The number of hydrogen-bond acceptors (Lipinski definition) is 15. The molecule has 3 aromatic carbocycles. The zero-order valence-corrected chi connectivity index (χ0v) is 44.2. The second-order valence-corrected chi connectivity index (χ2v) is 21.2. The number of phenols is 1. The summed E-state index contributed by atoms with van der Waals surface area (Å²) < 4.78 is 0. The van der Waals surface area contributed by atoms with Crippen LogP contribution in [0, 0.1) is 0 Å². The van der Waals surface area contributed by atoms with E-state index in [0.717, 1.165) is 32.4 Å². The Morgan fingerprint density at radius 1 is 0.718 bits per heavy atom. The minimum Gasteiger partial charge on any atom is -0.508 e. The fourth-order valence-corrected chi connectivity index (χ4v) is 10.7. The summed E-state index contributed by atoms with van der Waals surface area (Å²) in [7, 11) is 2.19. The van der Waals surface area contributed by atoms with E-state index in [0.29, 0.717) is 17.5 Å². The lowest BCUT2D eigenvalue weighted by molar-refractivity contribution is -0.142. The van der Waals surface area contributed by atoms with Gasteiger partial charge >= 0.3 is 0 Å². The van der Waals surface area contributed by atoms with Gasteiger partial charge in [0, 0.05) is 50.3 Å². The van der Waals surface area contributed by atoms with Gasteiger partial charge < -0.3 is 75.9 Å². The molecular formula is C50H66N14O12S2. The molecule has 2 fully saturated rings. The highest BCUT2D eigenvalue weighted by atomic mass is 33.1. The van der Waals surface area contributed by atoms with Gasteiger partial charge in [0.2, 0.25) is 65.0 Å². The van der Waals surface area contributed by atoms with Crippen molar-refractivity contribution in [2.75, 3.05) is 31.1 Å². The van der Waals surface area contributed by atoms with Gasteiger partial charge in [-0.3, -0.25) is 57.7 Å². The smallest absolute Gasteiger partial charge is 0.246 e. The molecule has 18 N–H and O–H groups in total. The third-order valence-electron chi connectivity index (χ3n) is 12.5. The normalized spacial score (nSPS) is 21.3. The van der Waals surface area contributed by atoms with E-state index >= 15 is 0 Å². The summed E-state index contributed by atoms with van der Waals surface area (Å²) >= 11 is 0. The van der Waals surface area contributed by atoms with E-state index in [1.807, 2.05) is 36.4 Å². The summed E-state index contributed by atoms with van der Waals surface area (Å²) in [5.74, 6) is -9.80. The second-order valence-electron chi connectivity index (χ2n) is 18.5. The Hall–Kier alpha value is -8.14. The Balaban J connectivity index is 1.47. The summed E-state index contributed by atoms with van der Waals surface area (Å²) in [5.41, 5.74) is 28.2. The molecule has 2 saturated heterocycles. The predicted octanol–water partition coefficient (Wildman–Crippen LogP) is -3.19. The fourth-order valence-electron chi connectivity index (χ4n) is 8.53. The number of aromatic hydroxyl groups is 1. The van der Waals surface area contributed by atoms with Crippen LogP contribution >= 0.6 is 21.6 Å². The third kappa shape index (κ3) is 19.5. The molecule has 0 spiro atoms. The minimum atomic E-state index is -1.78. The lowest BCUT2D eigenvalue weighted by Gasteiger charge is -2.31. The Bertz CT molecular complexity index is 2730. The van der Waals surface area contributed by atoms with Gasteiger partial charge in [0.1, 0.15) is 48.0 Å². The van der Waals surface area contributed by atoms with Crippen LogP contribution in [0.4, 0.5) is 0 Å². The number of carbonyl (C=O) groups excluding carboxylic acids is 11. The third-order valence-corrected chi connectivity index (χ3v) is 14.9. The standard InChI is InChI=1S/C50H66N14O12S2/c51-39(66)16-15-33-44(71)62-36(24-40(52)67)47(74)63-37(49(76)64-19-4-8-38(64)48(75)60-32(7-3-18-56-50(54)55)43(70)57-25-41(53)68)26-78-77-20-17-42(69)58-34(22-27-10-13-31(65)14-11-27)45(72)61-35(46(73)59-33)23-28-9-12-29-5-1-2-6-30(29)21-28/h1-2,5-6,9-14,21,32-38,65H,3-4,7-8,15-20,22-26H2,(H2,51,66)(H2,52,67)(H2,53,68)(H,57,70)(H,58,69)(H,59,73)(H,60,75)(H,61,72)(H,62,71)(H,63,74)(H4,54,55,56)/t32-,33?,34?,35+,36?,37+,38+/m1/s1. The first-order valence-electron chi connectivity index (χ1n) is 25.0. The maximum Gasteiger partial charge on any atom is 0.246 e. The van der Waals surface area contributed by atoms with Gasteiger partial charge in [-0.2, -0.15) is 0 Å². The van der Waals surface area contributed by atoms with Crippen LogP contribution in [0.5, 0.6) is 5.75 Å². The highest BCUT2D eigenvalue weighted by Crippen LogP contribution is 2.26. The quantitative estimate of drug-likeness (QED) is 0.0244. The van der Waals surface area contributed by atoms with Gasteiger partial charge in [0.15, 0.2) is 5.96 Å². The number of primary amides is 3. The number of hydrogen-bond donors (Lipinski definition) is 13. The highest BCUT2D eigenvalue weighted by Gasteiger charge is 2.40. The van der Waals surface area contributed by atoms with Crippen molar-refractivity contribution in [2.24, 2.45) is 33.7 Å². The maximum absolute atomic E-state index is 14.6. The number of likely N-dealkylation sites (tertiary alicyclic amines) is 1. The molecule has 78 heavy (non-hydrogen) atoms. The molecule has 0 aliphatic carbocycles. The largest absolute Gasteiger partial charge is 0.508 e. The van der Waals surface area contributed by atoms with E-state index < -0.39 is 133 Å². The first-order valence-corrected chi connectivity index (χ1v) is 27.5. The highest BCUT2D eigenvalue weighted by molar-refractivity contribution is 8.76. The van der Waals surface area contributed by atoms with E-state index in [4.69, 9.17) is 28.7 Å². The molecule has 3 unspecified atom stereocenters. The molecule has 5 rings (SSSR count). The average molecular weight is 1120 g/mol. The van der Waals surface area contributed by atoms with Gasteiger partial charge in [-0.25, -0.2) is 0 Å². The second kappa shape index (κ2) is 30.0. The fraction of sp³-hybridized carbons (Fsp3) is 0.440. The van der Waals surface area contributed by atoms with Crippen molar-refractivity contribution in [1.82, 2.24) is 42.1 Å². The van der Waals surface area contributed by atoms with Crippen LogP contribution in [0.2, 0.25) is 0 Å². The molecule has 0 radical (unpaired) electrons. The van der Waals surface area contributed by atoms with Crippen molar-refractivity contribution in [3.63, 3.8) is 0 Å². The zero-order chi connectivity index (χ0) is 56.9. The molecule has 3 aromatic rings. The number of nitrogens with one attached hydrogen (secondary N) is 7. The number of nitrogens with two attached hydrogens (primary N) is 5. The summed E-state index contributed by atoms with van der Waals surface area (Å²) in [4.78, 5) is 154. The molecule has 0 saturated carbocycles. The van der Waals surface area contributed by atoms with Gasteiger partial charge in [-0.1, -0.05) is 76.2 Å². The van der Waals surface area contributed by atoms with Gasteiger partial charge in [0.25, 0.3) is 0 Å². The molecule has 11 amide bonds. The van der Waals surface area contributed by atoms with Crippen LogP contribution in [-0.4, -0.2) is 154 Å². The predicted molar refractivity (Wildman–Crippen MR) is 290 cm³/mol. The molecule has 2 aliphatic heterocycles. The Kier molecular flexibility index (Phi) is 23.3. The number of rotatable bonds is 19. The summed E-state index contributed by atoms with van der Waals surface area (Å²) in [6.45, 7) is -0.409. The van der Waals surface area contributed by atoms with E-state index in [1.165, 1.54) is 17.0 Å². The lowest BCUT2D eigenvalue weighted by atomic mass is 9.99. The number of amides is 11. The van der Waals surface area contributed by atoms with E-state index in [2.05, 4.69) is 42.2 Å². The summed E-state index contributed by atoms with van der Waals surface area (Å²) in [6.07, 6.45) is -1.41. The number of aliphatic imine (C=N–C) groups is 1. The Morgan fingerprint density at radius 3 is 2.03 bits per heavy atom. The van der Waals surface area contributed by atoms with Gasteiger partial charge in [-0.05, 0) is 66.1 Å². The van der Waals surface area contributed by atoms with E-state index in [9.17, 15) is 57.8 Å². The number of benzene rings is 3. The van der Waals surface area contributed by atoms with Crippen LogP contribution in [0.25, 0.3) is 10.8 Å². The monoisotopic (exact) mass is 1120 g/mol. The van der Waals surface area contributed by atoms with Crippen molar-refractivity contribution in [2.45, 2.75) is 107 Å². The van der Waals surface area contributed by atoms with Crippen LogP contribution in [-0.2, 0) is 65.6 Å². The van der Waals surface area contributed by atoms with Crippen molar-refractivity contribution in [3.8, 4) is 5.75 Å². The topological polar surface area (TPSA) is 438 Å². The van der Waals surface area contributed by atoms with Crippen LogP contribution in [0.15, 0.2) is 71.7 Å². The average Bonchev–Trinajstić information content (AvgIpc) is 3.90. The first-order chi connectivity index (χ1) is 37.2. The molecule has 7 atom stereocenters. The molecule has 420 valence electrons. The molecular weight excluding hydrogens is 1050 g/mol. The number of nitrogens with zero attached hydrogens (tertiary/aromatic N) is 2. The zero-order valence-electron chi connectivity index (χ0n) is 42.5. The first kappa shape index (κ1) is 60.7. The van der Waals surface area contributed by atoms with Crippen molar-refractivity contribution < 1.29 is 57.8 Å². The number of phenolic OH excluding ortho intramolecular Hbond substituents is 1. The molecule has 2 heterocycles. The van der Waals surface area contributed by atoms with Gasteiger partial charge in [0.05, 0.1) is 13.0 Å². The van der Waals surface area contributed by atoms with Crippen LogP contribution in [0.3, 0.4) is 0 Å². The maximum atomic E-state index is 14.6. The minimum absolute atomic E-state index is 0.0105. The molecule has 0 bridgehead atoms. The molecule has 0 aromatic heterocycles. The Labute approximate surface area is 456 Å². The summed E-state index contributed by atoms with van der Waals surface area (Å²) in [6, 6.07) is 8.72. The van der Waals surface area contributed by atoms with Crippen molar-refractivity contribution >= 4 is 103 Å². The van der Waals surface area contributed by atoms with Crippen molar-refractivity contribution in [1.29, 1.82) is 0 Å². The molecule has 2 aliphatic rings. The van der Waals surface area contributed by atoms with Crippen molar-refractivity contribution in [3.05, 3.63) is 77.9 Å². The van der Waals surface area contributed by atoms with Gasteiger partial charge in [-0.15, -0.1) is 0 Å². The van der Waals surface area contributed by atoms with E-state index in [1.54, 1.807) is 18.2 Å². The molecule has 26 nitrogen and oxygen atoms in total. The van der Waals surface area contributed by atoms with Crippen LogP contribution < -0.4 is 65.9 Å². The SMILES string of the molecule is NC(=O)CCC1NC(=O)[C@H](Cc2ccc3ccccc3c2)NC(=O)C(Cc2ccc(O)cc2)NC(=O)CCSSC[C@@H](C(=O)N2CCC[C@H]2C(=O)N[C@H](CCCN=C(N)N)C(=O)NCC(N)=O)NC(=O)C(CC(N)=O)NC1=O. The number of fused-ring (bicyclic) bond motifs is 1. The Morgan fingerprint density at radius 2 is 1.35 bits per heavy atom. The summed E-state index contributed by atoms with van der Waals surface area (Å²) in [5, 5.41) is 29.7. The number of guanidine groups is 1. The molecule has 28 heteroatoms. The van der Waals surface area contributed by atoms with E-state index in [-0.39, 0.29) is 74.8 Å². The lowest BCUT2D eigenvalue weighted by Crippen LogP contribution is -2.61. The van der Waals surface area contributed by atoms with Crippen LogP contribution in [0.1, 0.15) is 62.5 Å².